The van der Waals surface area contributed by atoms with E-state index in [1.807, 2.05) is 11.4 Å². The number of hydrogen-bond acceptors (Lipinski definition) is 3. The van der Waals surface area contributed by atoms with E-state index in [2.05, 4.69) is 21.2 Å². The lowest BCUT2D eigenvalue weighted by Crippen LogP contribution is -2.45. The molecule has 3 nitrogen and oxygen atoms in total. The van der Waals surface area contributed by atoms with Crippen molar-refractivity contribution in [3.63, 3.8) is 0 Å². The van der Waals surface area contributed by atoms with E-state index in [0.29, 0.717) is 0 Å². The van der Waals surface area contributed by atoms with E-state index in [-0.39, 0.29) is 12.5 Å². The van der Waals surface area contributed by atoms with Crippen molar-refractivity contribution in [2.75, 3.05) is 6.61 Å². The number of aliphatic hydroxyl groups is 1. The van der Waals surface area contributed by atoms with Gasteiger partial charge in [-0.1, -0.05) is 0 Å². The van der Waals surface area contributed by atoms with Crippen LogP contribution in [-0.4, -0.2) is 23.2 Å². The average molecular weight is 304 g/mol. The maximum Gasteiger partial charge on any atom is 0.244 e. The molecule has 0 saturated heterocycles. The second-order valence-electron chi connectivity index (χ2n) is 4.05. The highest BCUT2D eigenvalue weighted by Gasteiger charge is 2.17. The van der Waals surface area contributed by atoms with E-state index >= 15 is 0 Å². The van der Waals surface area contributed by atoms with Crippen LogP contribution < -0.4 is 5.32 Å². The van der Waals surface area contributed by atoms with Crippen molar-refractivity contribution in [3.8, 4) is 0 Å². The van der Waals surface area contributed by atoms with Crippen LogP contribution in [0.2, 0.25) is 0 Å². The van der Waals surface area contributed by atoms with Gasteiger partial charge >= 0.3 is 0 Å². The van der Waals surface area contributed by atoms with E-state index in [1.165, 1.54) is 6.08 Å². The van der Waals surface area contributed by atoms with Gasteiger partial charge in [0.15, 0.2) is 0 Å². The van der Waals surface area contributed by atoms with E-state index in [0.717, 1.165) is 9.35 Å². The fourth-order valence-electron chi connectivity index (χ4n) is 0.997. The first-order chi connectivity index (χ1) is 7.43. The van der Waals surface area contributed by atoms with E-state index in [1.54, 1.807) is 31.3 Å². The van der Waals surface area contributed by atoms with Gasteiger partial charge in [0.2, 0.25) is 5.91 Å². The first-order valence-corrected chi connectivity index (χ1v) is 6.45. The summed E-state index contributed by atoms with van der Waals surface area (Å²) >= 11 is 4.92. The van der Waals surface area contributed by atoms with Gasteiger partial charge in [0, 0.05) is 6.08 Å². The van der Waals surface area contributed by atoms with Crippen LogP contribution in [0.1, 0.15) is 19.4 Å². The highest BCUT2D eigenvalue weighted by molar-refractivity contribution is 9.11. The molecule has 1 aromatic heterocycles. The van der Waals surface area contributed by atoms with Gasteiger partial charge in [-0.2, -0.15) is 0 Å². The molecule has 88 valence electrons. The normalized spacial score (nSPS) is 12.0. The van der Waals surface area contributed by atoms with Crippen LogP contribution in [0.4, 0.5) is 0 Å². The van der Waals surface area contributed by atoms with Gasteiger partial charge in [-0.25, -0.2) is 0 Å². The molecule has 5 heteroatoms. The second-order valence-corrected chi connectivity index (χ2v) is 6.34. The monoisotopic (exact) mass is 303 g/mol. The van der Waals surface area contributed by atoms with Crippen LogP contribution in [0, 0.1) is 0 Å². The molecule has 1 amide bonds. The minimum atomic E-state index is -0.587. The zero-order chi connectivity index (χ0) is 12.2. The van der Waals surface area contributed by atoms with Crippen molar-refractivity contribution < 1.29 is 9.90 Å². The Bertz CT molecular complexity index is 398. The summed E-state index contributed by atoms with van der Waals surface area (Å²) < 4.78 is 1.03. The molecule has 0 unspecified atom stereocenters. The Morgan fingerprint density at radius 1 is 1.69 bits per heavy atom. The Morgan fingerprint density at radius 2 is 2.38 bits per heavy atom. The third-order valence-corrected chi connectivity index (χ3v) is 3.39. The lowest BCUT2D eigenvalue weighted by molar-refractivity contribution is -0.118. The molecule has 1 rings (SSSR count). The van der Waals surface area contributed by atoms with Crippen LogP contribution in [0.15, 0.2) is 21.3 Å². The first kappa shape index (κ1) is 13.4. The van der Waals surface area contributed by atoms with E-state index in [4.69, 9.17) is 5.11 Å². The summed E-state index contributed by atoms with van der Waals surface area (Å²) in [5.74, 6) is -0.207. The second kappa shape index (κ2) is 5.61. The summed E-state index contributed by atoms with van der Waals surface area (Å²) in [5, 5.41) is 13.6. The predicted octanol–water partition coefficient (Wildman–Crippen LogP) is 2.41. The minimum absolute atomic E-state index is 0.0867. The molecule has 0 bridgehead atoms. The molecule has 0 aromatic carbocycles. The van der Waals surface area contributed by atoms with Crippen molar-refractivity contribution in [1.29, 1.82) is 0 Å². The first-order valence-electron chi connectivity index (χ1n) is 4.78. The van der Waals surface area contributed by atoms with Crippen LogP contribution in [0.5, 0.6) is 0 Å². The Balaban J connectivity index is 2.55. The smallest absolute Gasteiger partial charge is 0.244 e. The zero-order valence-electron chi connectivity index (χ0n) is 9.16. The fraction of sp³-hybridized carbons (Fsp3) is 0.364. The highest BCUT2D eigenvalue weighted by Crippen LogP contribution is 2.21. The molecule has 2 N–H and O–H groups in total. The molecule has 0 aliphatic carbocycles. The number of hydrogen-bond donors (Lipinski definition) is 2. The number of carbonyl (C=O) groups excluding carboxylic acids is 1. The summed E-state index contributed by atoms with van der Waals surface area (Å²) in [5.41, 5.74) is 0.394. The molecule has 0 atom stereocenters. The molecule has 16 heavy (non-hydrogen) atoms. The summed E-state index contributed by atoms with van der Waals surface area (Å²) in [6.45, 7) is 3.44. The van der Waals surface area contributed by atoms with E-state index < -0.39 is 5.54 Å². The van der Waals surface area contributed by atoms with Gasteiger partial charge in [-0.15, -0.1) is 11.3 Å². The lowest BCUT2D eigenvalue weighted by atomic mass is 10.1. The van der Waals surface area contributed by atoms with Gasteiger partial charge in [-0.3, -0.25) is 4.79 Å². The third-order valence-electron chi connectivity index (χ3n) is 1.87. The largest absolute Gasteiger partial charge is 0.394 e. The molecule has 0 spiro atoms. The summed E-state index contributed by atoms with van der Waals surface area (Å²) in [7, 11) is 0. The zero-order valence-corrected chi connectivity index (χ0v) is 11.6. The number of amides is 1. The molecule has 1 heterocycles. The molecular formula is C11H14BrNO2S. The molecular weight excluding hydrogens is 290 g/mol. The van der Waals surface area contributed by atoms with Gasteiger partial charge in [0.25, 0.3) is 0 Å². The molecule has 1 aromatic rings. The van der Waals surface area contributed by atoms with Crippen molar-refractivity contribution >= 4 is 39.2 Å². The van der Waals surface area contributed by atoms with Crippen molar-refractivity contribution in [2.24, 2.45) is 0 Å². The van der Waals surface area contributed by atoms with Crippen molar-refractivity contribution in [2.45, 2.75) is 19.4 Å². The SMILES string of the molecule is CC(C)(CO)NC(=O)/C=C/c1csc(Br)c1. The van der Waals surface area contributed by atoms with Crippen molar-refractivity contribution in [3.05, 3.63) is 26.9 Å². The Morgan fingerprint density at radius 3 is 2.88 bits per heavy atom. The molecule has 0 aliphatic heterocycles. The lowest BCUT2D eigenvalue weighted by Gasteiger charge is -2.22. The van der Waals surface area contributed by atoms with Crippen LogP contribution in [0.25, 0.3) is 6.08 Å². The maximum absolute atomic E-state index is 11.5. The molecule has 0 fully saturated rings. The molecule has 0 saturated carbocycles. The summed E-state index contributed by atoms with van der Waals surface area (Å²) in [6, 6.07) is 1.94. The quantitative estimate of drug-likeness (QED) is 0.839. The summed E-state index contributed by atoms with van der Waals surface area (Å²) in [6.07, 6.45) is 3.20. The number of rotatable bonds is 4. The standard InChI is InChI=1S/C11H14BrNO2S/c1-11(2,7-14)13-10(15)4-3-8-5-9(12)16-6-8/h3-6,14H,7H2,1-2H3,(H,13,15)/b4-3+. The number of carbonyl (C=O) groups is 1. The van der Waals surface area contributed by atoms with Gasteiger partial charge in [0.1, 0.15) is 0 Å². The Labute approximate surface area is 107 Å². The van der Waals surface area contributed by atoms with Crippen LogP contribution in [0.3, 0.4) is 0 Å². The predicted molar refractivity (Wildman–Crippen MR) is 70.4 cm³/mol. The number of halogens is 1. The number of nitrogens with one attached hydrogen (secondary N) is 1. The Kier molecular flexibility index (Phi) is 4.70. The average Bonchev–Trinajstić information content (AvgIpc) is 2.61. The van der Waals surface area contributed by atoms with Gasteiger partial charge < -0.3 is 10.4 Å². The topological polar surface area (TPSA) is 49.3 Å². The van der Waals surface area contributed by atoms with E-state index in [9.17, 15) is 4.79 Å². The minimum Gasteiger partial charge on any atom is -0.394 e. The maximum atomic E-state index is 11.5. The Hall–Kier alpha value is -0.650. The fourth-order valence-corrected chi connectivity index (χ4v) is 2.14. The summed E-state index contributed by atoms with van der Waals surface area (Å²) in [4.78, 5) is 11.5. The van der Waals surface area contributed by atoms with Crippen LogP contribution >= 0.6 is 27.3 Å². The third kappa shape index (κ3) is 4.47. The molecule has 0 radical (unpaired) electrons. The molecule has 0 aliphatic rings. The van der Waals surface area contributed by atoms with Crippen molar-refractivity contribution in [1.82, 2.24) is 5.32 Å². The van der Waals surface area contributed by atoms with Crippen LogP contribution in [-0.2, 0) is 4.79 Å². The number of thiophene rings is 1. The highest BCUT2D eigenvalue weighted by atomic mass is 79.9. The van der Waals surface area contributed by atoms with Gasteiger partial charge in [-0.05, 0) is 52.9 Å². The van der Waals surface area contributed by atoms with Gasteiger partial charge in [0.05, 0.1) is 15.9 Å². The number of aliphatic hydroxyl groups excluding tert-OH is 1.